The van der Waals surface area contributed by atoms with Crippen LogP contribution >= 0.6 is 11.8 Å². The number of thioether (sulfide) groups is 1. The molecule has 0 radical (unpaired) electrons. The van der Waals surface area contributed by atoms with Gasteiger partial charge in [-0.05, 0) is 36.5 Å². The summed E-state index contributed by atoms with van der Waals surface area (Å²) in [5, 5.41) is 0. The zero-order valence-electron chi connectivity index (χ0n) is 21.1. The average Bonchev–Trinajstić information content (AvgIpc) is 2.74. The lowest BCUT2D eigenvalue weighted by molar-refractivity contribution is 0.365. The highest BCUT2D eigenvalue weighted by atomic mass is 32.2. The summed E-state index contributed by atoms with van der Waals surface area (Å²) in [6, 6.07) is 2.15. The van der Waals surface area contributed by atoms with Crippen molar-refractivity contribution in [3.8, 4) is 0 Å². The molecule has 30 heavy (non-hydrogen) atoms. The second-order valence-corrected chi connectivity index (χ2v) is 11.3. The molecule has 0 saturated heterocycles. The van der Waals surface area contributed by atoms with Gasteiger partial charge < -0.3 is 0 Å². The van der Waals surface area contributed by atoms with Crippen molar-refractivity contribution in [3.63, 3.8) is 0 Å². The van der Waals surface area contributed by atoms with E-state index >= 15 is 0 Å². The van der Waals surface area contributed by atoms with E-state index in [0.29, 0.717) is 5.41 Å². The molecule has 1 atom stereocenters. The fourth-order valence-electron chi connectivity index (χ4n) is 4.07. The molecule has 1 unspecified atom stereocenters. The average molecular weight is 435 g/mol. The topological polar surface area (TPSA) is 25.8 Å². The van der Waals surface area contributed by atoms with Gasteiger partial charge in [-0.3, -0.25) is 0 Å². The van der Waals surface area contributed by atoms with E-state index in [2.05, 4.69) is 64.4 Å². The predicted molar refractivity (Wildman–Crippen MR) is 137 cm³/mol. The zero-order valence-corrected chi connectivity index (χ0v) is 21.9. The second-order valence-electron chi connectivity index (χ2n) is 10.2. The summed E-state index contributed by atoms with van der Waals surface area (Å²) in [4.78, 5) is 9.59. The Labute approximate surface area is 192 Å². The Kier molecular flexibility index (Phi) is 14.0. The number of aromatic nitrogens is 2. The summed E-state index contributed by atoms with van der Waals surface area (Å²) >= 11 is 2.08. The van der Waals surface area contributed by atoms with Crippen molar-refractivity contribution in [1.82, 2.24) is 9.97 Å². The molecule has 3 heteroatoms. The Morgan fingerprint density at radius 3 is 2.13 bits per heavy atom. The first-order chi connectivity index (χ1) is 14.4. The molecule has 0 N–H and O–H groups in total. The van der Waals surface area contributed by atoms with Gasteiger partial charge in [0, 0.05) is 29.5 Å². The fraction of sp³-hybridized carbons (Fsp3) is 0.852. The maximum atomic E-state index is 5.00. The van der Waals surface area contributed by atoms with E-state index < -0.39 is 0 Å². The van der Waals surface area contributed by atoms with Crippen molar-refractivity contribution in [1.29, 1.82) is 0 Å². The molecule has 174 valence electrons. The molecule has 1 heterocycles. The monoisotopic (exact) mass is 434 g/mol. The number of hydrogen-bond acceptors (Lipinski definition) is 3. The van der Waals surface area contributed by atoms with E-state index in [1.165, 1.54) is 82.1 Å². The maximum Gasteiger partial charge on any atom is 0.129 e. The Morgan fingerprint density at radius 2 is 1.47 bits per heavy atom. The van der Waals surface area contributed by atoms with Crippen LogP contribution in [0.5, 0.6) is 0 Å². The zero-order chi connectivity index (χ0) is 22.3. The molecule has 0 aliphatic heterocycles. The highest BCUT2D eigenvalue weighted by Gasteiger charge is 2.26. The standard InChI is InChI=1S/C27H50N2S/c1-7-10-12-14-15-19-26(4,5)23-30-22-18-25-28-21-17-24(29-25)27(6,9-3)20-16-13-11-8-2/h17,21H,7-16,18-20,22-23H2,1-6H3. The summed E-state index contributed by atoms with van der Waals surface area (Å²) in [6.07, 6.45) is 18.9. The lowest BCUT2D eigenvalue weighted by Gasteiger charge is -2.28. The first-order valence-corrected chi connectivity index (χ1v) is 13.9. The van der Waals surface area contributed by atoms with Gasteiger partial charge in [-0.2, -0.15) is 11.8 Å². The Morgan fingerprint density at radius 1 is 0.833 bits per heavy atom. The van der Waals surface area contributed by atoms with Crippen LogP contribution in [0.2, 0.25) is 0 Å². The highest BCUT2D eigenvalue weighted by Crippen LogP contribution is 2.32. The van der Waals surface area contributed by atoms with E-state index in [4.69, 9.17) is 4.98 Å². The largest absolute Gasteiger partial charge is 0.241 e. The predicted octanol–water partition coefficient (Wildman–Crippen LogP) is 8.78. The lowest BCUT2D eigenvalue weighted by atomic mass is 9.79. The van der Waals surface area contributed by atoms with Gasteiger partial charge in [-0.1, -0.05) is 99.3 Å². The smallest absolute Gasteiger partial charge is 0.129 e. The van der Waals surface area contributed by atoms with Crippen LogP contribution in [0.15, 0.2) is 12.3 Å². The Bertz CT molecular complexity index is 558. The van der Waals surface area contributed by atoms with Crippen LogP contribution in [0.3, 0.4) is 0 Å². The minimum Gasteiger partial charge on any atom is -0.241 e. The van der Waals surface area contributed by atoms with E-state index in [0.717, 1.165) is 24.4 Å². The number of hydrogen-bond donors (Lipinski definition) is 0. The maximum absolute atomic E-state index is 5.00. The molecule has 2 nitrogen and oxygen atoms in total. The highest BCUT2D eigenvalue weighted by molar-refractivity contribution is 7.99. The van der Waals surface area contributed by atoms with Gasteiger partial charge in [0.25, 0.3) is 0 Å². The molecule has 1 aromatic heterocycles. The minimum atomic E-state index is 0.193. The van der Waals surface area contributed by atoms with Gasteiger partial charge in [0.15, 0.2) is 0 Å². The number of nitrogens with zero attached hydrogens (tertiary/aromatic N) is 2. The van der Waals surface area contributed by atoms with Gasteiger partial charge >= 0.3 is 0 Å². The molecule has 0 aliphatic carbocycles. The van der Waals surface area contributed by atoms with E-state index in [-0.39, 0.29) is 5.41 Å². The van der Waals surface area contributed by atoms with Gasteiger partial charge in [0.05, 0.1) is 0 Å². The van der Waals surface area contributed by atoms with Crippen molar-refractivity contribution >= 4 is 11.8 Å². The van der Waals surface area contributed by atoms with Crippen LogP contribution in [0, 0.1) is 5.41 Å². The van der Waals surface area contributed by atoms with Crippen molar-refractivity contribution in [2.45, 2.75) is 130 Å². The summed E-state index contributed by atoms with van der Waals surface area (Å²) < 4.78 is 0. The molecule has 0 amide bonds. The molecule has 1 rings (SSSR count). The molecule has 0 saturated carbocycles. The third-order valence-corrected chi connectivity index (χ3v) is 8.08. The van der Waals surface area contributed by atoms with Crippen LogP contribution in [-0.2, 0) is 11.8 Å². The lowest BCUT2D eigenvalue weighted by Crippen LogP contribution is -2.23. The second kappa shape index (κ2) is 15.3. The van der Waals surface area contributed by atoms with Gasteiger partial charge in [0.1, 0.15) is 5.82 Å². The molecule has 0 aliphatic rings. The Hall–Kier alpha value is -0.570. The quantitative estimate of drug-likeness (QED) is 0.216. The SMILES string of the molecule is CCCCCCCC(C)(C)CSCCc1nccc(C(C)(CC)CCCCCC)n1. The fourth-order valence-corrected chi connectivity index (χ4v) is 5.24. The van der Waals surface area contributed by atoms with Crippen LogP contribution in [-0.4, -0.2) is 21.5 Å². The molecule has 1 aromatic rings. The van der Waals surface area contributed by atoms with Crippen molar-refractivity contribution < 1.29 is 0 Å². The minimum absolute atomic E-state index is 0.193. The van der Waals surface area contributed by atoms with Crippen molar-refractivity contribution in [3.05, 3.63) is 23.8 Å². The summed E-state index contributed by atoms with van der Waals surface area (Å²) in [5.41, 5.74) is 1.89. The third kappa shape index (κ3) is 11.2. The first-order valence-electron chi connectivity index (χ1n) is 12.8. The molecular formula is C27H50N2S. The van der Waals surface area contributed by atoms with Crippen molar-refractivity contribution in [2.24, 2.45) is 5.41 Å². The van der Waals surface area contributed by atoms with E-state index in [9.17, 15) is 0 Å². The normalized spacial score (nSPS) is 14.1. The van der Waals surface area contributed by atoms with Crippen LogP contribution < -0.4 is 0 Å². The van der Waals surface area contributed by atoms with E-state index in [1.54, 1.807) is 0 Å². The van der Waals surface area contributed by atoms with Crippen LogP contribution in [0.4, 0.5) is 0 Å². The molecule has 0 spiro atoms. The number of rotatable bonds is 18. The van der Waals surface area contributed by atoms with Crippen LogP contribution in [0.25, 0.3) is 0 Å². The molecule has 0 bridgehead atoms. The van der Waals surface area contributed by atoms with Gasteiger partial charge in [0.2, 0.25) is 0 Å². The molecule has 0 fully saturated rings. The number of unbranched alkanes of at least 4 members (excludes halogenated alkanes) is 7. The first kappa shape index (κ1) is 27.5. The number of aryl methyl sites for hydroxylation is 1. The van der Waals surface area contributed by atoms with Gasteiger partial charge in [-0.25, -0.2) is 9.97 Å². The molecular weight excluding hydrogens is 384 g/mol. The summed E-state index contributed by atoms with van der Waals surface area (Å²) in [6.45, 7) is 14.1. The molecule has 0 aromatic carbocycles. The van der Waals surface area contributed by atoms with Gasteiger partial charge in [-0.15, -0.1) is 0 Å². The van der Waals surface area contributed by atoms with E-state index in [1.807, 2.05) is 6.20 Å². The third-order valence-electron chi connectivity index (χ3n) is 6.61. The van der Waals surface area contributed by atoms with Crippen LogP contribution in [0.1, 0.15) is 130 Å². The Balaban J connectivity index is 2.44. The van der Waals surface area contributed by atoms with Crippen molar-refractivity contribution in [2.75, 3.05) is 11.5 Å². The summed E-state index contributed by atoms with van der Waals surface area (Å²) in [7, 11) is 0. The summed E-state index contributed by atoms with van der Waals surface area (Å²) in [5.74, 6) is 3.40.